The lowest BCUT2D eigenvalue weighted by atomic mass is 10.1. The molecular weight excluding hydrogens is 274 g/mol. The van der Waals surface area contributed by atoms with Gasteiger partial charge in [-0.05, 0) is 12.1 Å². The van der Waals surface area contributed by atoms with Crippen LogP contribution >= 0.6 is 0 Å². The van der Waals surface area contributed by atoms with Crippen LogP contribution in [0.15, 0.2) is 59.9 Å². The van der Waals surface area contributed by atoms with E-state index in [0.717, 1.165) is 22.2 Å². The second-order valence-electron chi connectivity index (χ2n) is 4.95. The van der Waals surface area contributed by atoms with Crippen molar-refractivity contribution in [1.29, 1.82) is 5.26 Å². The van der Waals surface area contributed by atoms with E-state index in [0.29, 0.717) is 17.2 Å². The quantitative estimate of drug-likeness (QED) is 0.698. The van der Waals surface area contributed by atoms with Gasteiger partial charge in [-0.1, -0.05) is 36.4 Å². The van der Waals surface area contributed by atoms with Gasteiger partial charge in [0, 0.05) is 11.1 Å². The molecule has 0 fully saturated rings. The van der Waals surface area contributed by atoms with E-state index in [1.807, 2.05) is 48.5 Å². The van der Waals surface area contributed by atoms with Gasteiger partial charge < -0.3 is 5.73 Å². The van der Waals surface area contributed by atoms with Gasteiger partial charge in [-0.15, -0.1) is 0 Å². The third kappa shape index (κ3) is 1.64. The topological polar surface area (TPSA) is 80.0 Å². The van der Waals surface area contributed by atoms with Crippen molar-refractivity contribution in [2.24, 2.45) is 10.7 Å². The van der Waals surface area contributed by atoms with Gasteiger partial charge in [-0.25, -0.2) is 9.98 Å². The number of nitrogens with two attached hydrogens (primary N) is 1. The zero-order valence-corrected chi connectivity index (χ0v) is 11.6. The van der Waals surface area contributed by atoms with Crippen LogP contribution in [0.2, 0.25) is 0 Å². The van der Waals surface area contributed by atoms with Gasteiger partial charge >= 0.3 is 0 Å². The van der Waals surface area contributed by atoms with Crippen LogP contribution in [0.25, 0.3) is 22.4 Å². The third-order valence-electron chi connectivity index (χ3n) is 3.72. The first-order valence-corrected chi connectivity index (χ1v) is 6.80. The molecule has 0 amide bonds. The zero-order valence-electron chi connectivity index (χ0n) is 11.6. The smallest absolute Gasteiger partial charge is 0.152 e. The number of nitrogens with zero attached hydrogens (tertiary/aromatic N) is 4. The van der Waals surface area contributed by atoms with E-state index in [1.54, 1.807) is 10.9 Å². The highest BCUT2D eigenvalue weighted by Crippen LogP contribution is 2.32. The molecule has 0 atom stereocenters. The van der Waals surface area contributed by atoms with Crippen molar-refractivity contribution in [1.82, 2.24) is 9.55 Å². The second kappa shape index (κ2) is 4.57. The molecule has 5 nitrogen and oxygen atoms in total. The monoisotopic (exact) mass is 285 g/mol. The number of benzene rings is 2. The Bertz CT molecular complexity index is 1000. The number of amidine groups is 1. The Kier molecular flexibility index (Phi) is 2.57. The largest absolute Gasteiger partial charge is 0.383 e. The fourth-order valence-electron chi connectivity index (χ4n) is 2.69. The summed E-state index contributed by atoms with van der Waals surface area (Å²) in [5.74, 6) is 0.433. The minimum atomic E-state index is 0.418. The number of rotatable bonds is 1. The number of hydrogen-bond donors (Lipinski definition) is 1. The molecule has 1 aliphatic rings. The van der Waals surface area contributed by atoms with Crippen LogP contribution in [0.4, 0.5) is 0 Å². The molecule has 0 saturated heterocycles. The first kappa shape index (κ1) is 12.4. The Labute approximate surface area is 126 Å². The van der Waals surface area contributed by atoms with Crippen molar-refractivity contribution >= 4 is 28.3 Å². The van der Waals surface area contributed by atoms with E-state index in [2.05, 4.69) is 16.0 Å². The number of allylic oxidation sites excluding steroid dienone is 1. The standard InChI is InChI=1S/C17H11N5/c18-9-15(22-10-20-13-7-3-4-8-14(13)22)16-11-5-1-2-6-12(11)17(19)21-16/h1-8,10H,(H2,19,21). The van der Waals surface area contributed by atoms with E-state index < -0.39 is 0 Å². The Morgan fingerprint density at radius 3 is 2.59 bits per heavy atom. The molecule has 2 aromatic carbocycles. The summed E-state index contributed by atoms with van der Waals surface area (Å²) in [6, 6.07) is 17.5. The number of aromatic nitrogens is 2. The number of hydrogen-bond acceptors (Lipinski definition) is 4. The fraction of sp³-hybridized carbons (Fsp3) is 0. The van der Waals surface area contributed by atoms with Gasteiger partial charge in [0.05, 0.1) is 11.0 Å². The van der Waals surface area contributed by atoms with Gasteiger partial charge in [0.1, 0.15) is 23.9 Å². The second-order valence-corrected chi connectivity index (χ2v) is 4.95. The normalized spacial score (nSPS) is 15.3. The maximum absolute atomic E-state index is 9.66. The average molecular weight is 285 g/mol. The van der Waals surface area contributed by atoms with Crippen molar-refractivity contribution < 1.29 is 0 Å². The van der Waals surface area contributed by atoms with Gasteiger partial charge in [0.15, 0.2) is 5.70 Å². The molecule has 0 aliphatic carbocycles. The number of imidazole rings is 1. The Balaban J connectivity index is 2.03. The zero-order chi connectivity index (χ0) is 15.1. The van der Waals surface area contributed by atoms with Crippen LogP contribution in [0.5, 0.6) is 0 Å². The molecule has 2 N–H and O–H groups in total. The molecule has 0 radical (unpaired) electrons. The summed E-state index contributed by atoms with van der Waals surface area (Å²) < 4.78 is 1.75. The van der Waals surface area contributed by atoms with E-state index >= 15 is 0 Å². The van der Waals surface area contributed by atoms with Gasteiger partial charge in [-0.3, -0.25) is 4.57 Å². The molecule has 4 rings (SSSR count). The Morgan fingerprint density at radius 2 is 1.77 bits per heavy atom. The molecule has 0 spiro atoms. The maximum atomic E-state index is 9.66. The summed E-state index contributed by atoms with van der Waals surface area (Å²) in [6.07, 6.45) is 1.64. The molecule has 22 heavy (non-hydrogen) atoms. The molecule has 1 aromatic heterocycles. The molecule has 0 bridgehead atoms. The highest BCUT2D eigenvalue weighted by Gasteiger charge is 2.22. The highest BCUT2D eigenvalue weighted by molar-refractivity contribution is 6.13. The van der Waals surface area contributed by atoms with E-state index in [-0.39, 0.29) is 0 Å². The minimum Gasteiger partial charge on any atom is -0.383 e. The number of aliphatic imine (C=N–C) groups is 1. The van der Waals surface area contributed by atoms with E-state index in [1.165, 1.54) is 0 Å². The van der Waals surface area contributed by atoms with Gasteiger partial charge in [0.25, 0.3) is 0 Å². The molecule has 0 saturated carbocycles. The molecule has 1 aliphatic heterocycles. The third-order valence-corrected chi connectivity index (χ3v) is 3.72. The molecule has 5 heteroatoms. The van der Waals surface area contributed by atoms with Crippen molar-refractivity contribution in [3.8, 4) is 6.07 Å². The molecule has 2 heterocycles. The van der Waals surface area contributed by atoms with Crippen LogP contribution in [0.3, 0.4) is 0 Å². The maximum Gasteiger partial charge on any atom is 0.152 e. The van der Waals surface area contributed by atoms with E-state index in [9.17, 15) is 5.26 Å². The summed E-state index contributed by atoms with van der Waals surface area (Å²) in [5.41, 5.74) is 10.4. The average Bonchev–Trinajstić information content (AvgIpc) is 3.12. The minimum absolute atomic E-state index is 0.418. The van der Waals surface area contributed by atoms with Crippen molar-refractivity contribution in [2.45, 2.75) is 0 Å². The lowest BCUT2D eigenvalue weighted by Crippen LogP contribution is -2.09. The van der Waals surface area contributed by atoms with Crippen LogP contribution < -0.4 is 5.73 Å². The lowest BCUT2D eigenvalue weighted by molar-refractivity contribution is 1.14. The predicted octanol–water partition coefficient (Wildman–Crippen LogP) is 2.60. The first-order chi connectivity index (χ1) is 10.8. The summed E-state index contributed by atoms with van der Waals surface area (Å²) >= 11 is 0. The summed E-state index contributed by atoms with van der Waals surface area (Å²) in [4.78, 5) is 8.73. The van der Waals surface area contributed by atoms with Gasteiger partial charge in [-0.2, -0.15) is 5.26 Å². The van der Waals surface area contributed by atoms with Crippen LogP contribution in [-0.2, 0) is 0 Å². The number of fused-ring (bicyclic) bond motifs is 2. The summed E-state index contributed by atoms with van der Waals surface area (Å²) in [5, 5.41) is 9.66. The highest BCUT2D eigenvalue weighted by atomic mass is 15.1. The molecule has 104 valence electrons. The molecular formula is C17H11N5. The number of nitriles is 1. The first-order valence-electron chi connectivity index (χ1n) is 6.80. The Hall–Kier alpha value is -3.39. The van der Waals surface area contributed by atoms with Crippen LogP contribution in [0, 0.1) is 11.3 Å². The summed E-state index contributed by atoms with van der Waals surface area (Å²) in [6.45, 7) is 0. The fourth-order valence-corrected chi connectivity index (χ4v) is 2.69. The lowest BCUT2D eigenvalue weighted by Gasteiger charge is -2.05. The summed E-state index contributed by atoms with van der Waals surface area (Å²) in [7, 11) is 0. The van der Waals surface area contributed by atoms with Crippen molar-refractivity contribution in [3.63, 3.8) is 0 Å². The molecule has 0 unspecified atom stereocenters. The van der Waals surface area contributed by atoms with Gasteiger partial charge in [0.2, 0.25) is 0 Å². The van der Waals surface area contributed by atoms with Crippen LogP contribution in [0.1, 0.15) is 11.1 Å². The molecule has 3 aromatic rings. The predicted molar refractivity (Wildman–Crippen MR) is 85.6 cm³/mol. The van der Waals surface area contributed by atoms with Crippen molar-refractivity contribution in [3.05, 3.63) is 66.0 Å². The Morgan fingerprint density at radius 1 is 1.05 bits per heavy atom. The van der Waals surface area contributed by atoms with E-state index in [4.69, 9.17) is 5.73 Å². The van der Waals surface area contributed by atoms with Crippen LogP contribution in [-0.4, -0.2) is 15.4 Å². The SMILES string of the molecule is N#CC(=C1N=C(N)c2ccccc21)n1cnc2ccccc21. The number of para-hydroxylation sites is 2. The van der Waals surface area contributed by atoms with Crippen molar-refractivity contribution in [2.75, 3.05) is 0 Å².